The molecule has 1 aliphatic rings. The van der Waals surface area contributed by atoms with Crippen LogP contribution >= 0.6 is 0 Å². The van der Waals surface area contributed by atoms with E-state index in [1.54, 1.807) is 60.5 Å². The van der Waals surface area contributed by atoms with Gasteiger partial charge >= 0.3 is 0 Å². The van der Waals surface area contributed by atoms with Gasteiger partial charge in [-0.3, -0.25) is 9.59 Å². The highest BCUT2D eigenvalue weighted by Gasteiger charge is 2.20. The molecule has 9 nitrogen and oxygen atoms in total. The molecule has 1 fully saturated rings. The van der Waals surface area contributed by atoms with Crippen LogP contribution in [0.4, 0.5) is 11.4 Å². The Morgan fingerprint density at radius 2 is 1.74 bits per heavy atom. The molecule has 1 amide bonds. The molecular formula is C29H28N4O5. The van der Waals surface area contributed by atoms with E-state index in [0.29, 0.717) is 54.7 Å². The van der Waals surface area contributed by atoms with Crippen molar-refractivity contribution >= 4 is 17.3 Å². The number of benzene rings is 3. The molecule has 4 aromatic rings. The second kappa shape index (κ2) is 11.2. The summed E-state index contributed by atoms with van der Waals surface area (Å²) in [6.07, 6.45) is 1.50. The Labute approximate surface area is 220 Å². The monoisotopic (exact) mass is 512 g/mol. The van der Waals surface area contributed by atoms with Gasteiger partial charge in [0.25, 0.3) is 11.5 Å². The molecule has 1 saturated heterocycles. The fourth-order valence-electron chi connectivity index (χ4n) is 4.17. The lowest BCUT2D eigenvalue weighted by Crippen LogP contribution is -2.40. The Morgan fingerprint density at radius 3 is 2.47 bits per heavy atom. The first-order valence-electron chi connectivity index (χ1n) is 12.3. The fourth-order valence-corrected chi connectivity index (χ4v) is 4.17. The number of methoxy groups -OCH3 is 1. The van der Waals surface area contributed by atoms with Crippen LogP contribution in [0.3, 0.4) is 0 Å². The van der Waals surface area contributed by atoms with Gasteiger partial charge < -0.3 is 24.4 Å². The summed E-state index contributed by atoms with van der Waals surface area (Å²) in [4.78, 5) is 28.5. The Kier molecular flexibility index (Phi) is 7.37. The predicted molar refractivity (Wildman–Crippen MR) is 144 cm³/mol. The van der Waals surface area contributed by atoms with E-state index >= 15 is 0 Å². The molecule has 0 spiro atoms. The van der Waals surface area contributed by atoms with Crippen LogP contribution in [0.25, 0.3) is 5.69 Å². The van der Waals surface area contributed by atoms with Gasteiger partial charge in [0.15, 0.2) is 11.4 Å². The third-order valence-corrected chi connectivity index (χ3v) is 6.15. The van der Waals surface area contributed by atoms with Gasteiger partial charge in [-0.15, -0.1) is 0 Å². The van der Waals surface area contributed by atoms with Crippen LogP contribution in [-0.4, -0.2) is 54.0 Å². The molecule has 1 aromatic heterocycles. The molecule has 38 heavy (non-hydrogen) atoms. The zero-order valence-corrected chi connectivity index (χ0v) is 21.2. The maximum atomic E-state index is 13.7. The highest BCUT2D eigenvalue weighted by molar-refractivity contribution is 5.95. The van der Waals surface area contributed by atoms with Gasteiger partial charge in [-0.1, -0.05) is 18.2 Å². The lowest BCUT2D eigenvalue weighted by Gasteiger charge is -2.27. The van der Waals surface area contributed by atoms with Gasteiger partial charge in [0, 0.05) is 24.3 Å². The van der Waals surface area contributed by atoms with Crippen molar-refractivity contribution in [2.24, 2.45) is 0 Å². The van der Waals surface area contributed by atoms with Crippen molar-refractivity contribution in [2.75, 3.05) is 38.7 Å². The van der Waals surface area contributed by atoms with Gasteiger partial charge in [0.05, 0.1) is 32.2 Å². The minimum absolute atomic E-state index is 0.0847. The highest BCUT2D eigenvalue weighted by Crippen LogP contribution is 2.30. The summed E-state index contributed by atoms with van der Waals surface area (Å²) < 4.78 is 18.0. The maximum Gasteiger partial charge on any atom is 0.299 e. The number of amides is 1. The number of aromatic nitrogens is 2. The molecule has 0 unspecified atom stereocenters. The van der Waals surface area contributed by atoms with Crippen molar-refractivity contribution in [1.82, 2.24) is 14.7 Å². The summed E-state index contributed by atoms with van der Waals surface area (Å²) in [5.41, 5.74) is 2.45. The summed E-state index contributed by atoms with van der Waals surface area (Å²) >= 11 is 0. The number of nitrogens with zero attached hydrogens (tertiary/aromatic N) is 3. The second-order valence-electron chi connectivity index (χ2n) is 8.83. The summed E-state index contributed by atoms with van der Waals surface area (Å²) in [6.45, 7) is 4.09. The van der Waals surface area contributed by atoms with Crippen LogP contribution < -0.4 is 20.3 Å². The lowest BCUT2D eigenvalue weighted by molar-refractivity contribution is 0.0303. The van der Waals surface area contributed by atoms with Crippen LogP contribution in [-0.2, 0) is 4.74 Å². The predicted octanol–water partition coefficient (Wildman–Crippen LogP) is 4.56. The first-order chi connectivity index (χ1) is 18.5. The minimum Gasteiger partial charge on any atom is -0.497 e. The first kappa shape index (κ1) is 25.0. The zero-order valence-electron chi connectivity index (χ0n) is 21.2. The maximum absolute atomic E-state index is 13.7. The van der Waals surface area contributed by atoms with E-state index in [1.165, 1.54) is 10.9 Å². The van der Waals surface area contributed by atoms with Crippen LogP contribution in [0.15, 0.2) is 83.8 Å². The van der Waals surface area contributed by atoms with E-state index in [0.717, 1.165) is 5.56 Å². The molecule has 1 N–H and O–H groups in total. The highest BCUT2D eigenvalue weighted by atomic mass is 16.5. The number of carbonyl (C=O) groups is 1. The van der Waals surface area contributed by atoms with Gasteiger partial charge in [-0.25, -0.2) is 0 Å². The normalized spacial score (nSPS) is 13.2. The van der Waals surface area contributed by atoms with Gasteiger partial charge in [0.1, 0.15) is 11.5 Å². The average Bonchev–Trinajstić information content (AvgIpc) is 2.95. The quantitative estimate of drug-likeness (QED) is 0.388. The minimum atomic E-state index is -0.412. The van der Waals surface area contributed by atoms with Crippen molar-refractivity contribution in [1.29, 1.82) is 0 Å². The number of anilines is 2. The Morgan fingerprint density at radius 1 is 0.974 bits per heavy atom. The second-order valence-corrected chi connectivity index (χ2v) is 8.83. The van der Waals surface area contributed by atoms with Crippen molar-refractivity contribution in [2.45, 2.75) is 6.92 Å². The van der Waals surface area contributed by atoms with Crippen molar-refractivity contribution < 1.29 is 19.0 Å². The fraction of sp³-hybridized carbons (Fsp3) is 0.207. The third kappa shape index (κ3) is 5.52. The summed E-state index contributed by atoms with van der Waals surface area (Å²) in [7, 11) is 1.58. The topological polar surface area (TPSA) is 94.9 Å². The van der Waals surface area contributed by atoms with Crippen LogP contribution in [0.5, 0.6) is 17.2 Å². The zero-order chi connectivity index (χ0) is 26.5. The molecule has 0 saturated carbocycles. The number of morpholine rings is 1. The molecule has 5 rings (SSSR count). The third-order valence-electron chi connectivity index (χ3n) is 6.15. The van der Waals surface area contributed by atoms with Gasteiger partial charge in [-0.05, 0) is 67.1 Å². The molecule has 0 aliphatic carbocycles. The molecule has 0 bridgehead atoms. The number of carbonyl (C=O) groups excluding carboxylic acids is 1. The lowest BCUT2D eigenvalue weighted by atomic mass is 10.1. The summed E-state index contributed by atoms with van der Waals surface area (Å²) in [5, 5.41) is 7.55. The SMILES string of the molecule is COc1ccc(-n2ncc(Oc3cccc(C)c3)c(Nc3cccc(C(=O)N4CCOCC4)c3)c2=O)cc1. The number of hydrogen-bond donors (Lipinski definition) is 1. The molecule has 0 radical (unpaired) electrons. The van der Waals surface area contributed by atoms with Crippen LogP contribution in [0, 0.1) is 6.92 Å². The summed E-state index contributed by atoms with van der Waals surface area (Å²) in [5.74, 6) is 1.42. The van der Waals surface area contributed by atoms with Gasteiger partial charge in [-0.2, -0.15) is 9.78 Å². The van der Waals surface area contributed by atoms with Gasteiger partial charge in [0.2, 0.25) is 0 Å². The van der Waals surface area contributed by atoms with Crippen LogP contribution in [0.2, 0.25) is 0 Å². The number of hydrogen-bond acceptors (Lipinski definition) is 7. The largest absolute Gasteiger partial charge is 0.497 e. The smallest absolute Gasteiger partial charge is 0.299 e. The van der Waals surface area contributed by atoms with E-state index in [4.69, 9.17) is 14.2 Å². The van der Waals surface area contributed by atoms with E-state index in [9.17, 15) is 9.59 Å². The molecular weight excluding hydrogens is 484 g/mol. The molecule has 194 valence electrons. The number of aryl methyl sites for hydroxylation is 1. The molecule has 2 heterocycles. The molecule has 9 heteroatoms. The van der Waals surface area contributed by atoms with Crippen molar-refractivity contribution in [3.63, 3.8) is 0 Å². The van der Waals surface area contributed by atoms with E-state index < -0.39 is 5.56 Å². The van der Waals surface area contributed by atoms with E-state index in [1.807, 2.05) is 31.2 Å². The Balaban J connectivity index is 1.52. The van der Waals surface area contributed by atoms with Crippen LogP contribution in [0.1, 0.15) is 15.9 Å². The Hall–Kier alpha value is -4.63. The van der Waals surface area contributed by atoms with E-state index in [2.05, 4.69) is 10.4 Å². The standard InChI is InChI=1S/C29H28N4O5/c1-20-5-3-8-25(17-20)38-26-19-30-33(23-9-11-24(36-2)12-10-23)29(35)27(26)31-22-7-4-6-21(18-22)28(34)32-13-15-37-16-14-32/h3-12,17-19,31H,13-16H2,1-2H3. The number of rotatable bonds is 7. The first-order valence-corrected chi connectivity index (χ1v) is 12.3. The molecule has 3 aromatic carbocycles. The number of ether oxygens (including phenoxy) is 3. The van der Waals surface area contributed by atoms with Crippen molar-refractivity contribution in [3.05, 3.63) is 100 Å². The molecule has 1 aliphatic heterocycles. The van der Waals surface area contributed by atoms with Crippen molar-refractivity contribution in [3.8, 4) is 22.9 Å². The van der Waals surface area contributed by atoms with E-state index in [-0.39, 0.29) is 17.3 Å². The Bertz CT molecular complexity index is 1490. The number of nitrogens with one attached hydrogen (secondary N) is 1. The average molecular weight is 513 g/mol. The molecule has 0 atom stereocenters. The summed E-state index contributed by atoms with van der Waals surface area (Å²) in [6, 6.07) is 21.6.